The molecule has 0 aromatic carbocycles. The summed E-state index contributed by atoms with van der Waals surface area (Å²) in [4.78, 5) is 24.6. The lowest BCUT2D eigenvalue weighted by atomic mass is 10.0. The minimum absolute atomic E-state index is 0.00876. The number of hydrogen-bond donors (Lipinski definition) is 3. The number of carbonyl (C=O) groups is 2. The van der Waals surface area contributed by atoms with Crippen LogP contribution >= 0.6 is 0 Å². The molecule has 0 heterocycles. The van der Waals surface area contributed by atoms with Crippen LogP contribution in [0.1, 0.15) is 354 Å². The first-order chi connectivity index (χ1) is 34.0. The van der Waals surface area contributed by atoms with E-state index >= 15 is 0 Å². The predicted octanol–water partition coefficient (Wildman–Crippen LogP) is 19.6. The topological polar surface area (TPSA) is 95.9 Å². The van der Waals surface area contributed by atoms with E-state index in [1.165, 1.54) is 270 Å². The highest BCUT2D eigenvalue weighted by Gasteiger charge is 2.20. The second-order valence-electron chi connectivity index (χ2n) is 21.7. The number of ether oxygens (including phenoxy) is 1. The van der Waals surface area contributed by atoms with Gasteiger partial charge in [0.05, 0.1) is 25.4 Å². The third-order valence-electron chi connectivity index (χ3n) is 14.8. The second-order valence-corrected chi connectivity index (χ2v) is 21.7. The monoisotopic (exact) mass is 974 g/mol. The molecule has 410 valence electrons. The molecule has 0 saturated heterocycles. The van der Waals surface area contributed by atoms with E-state index in [-0.39, 0.29) is 18.5 Å². The Morgan fingerprint density at radius 1 is 0.391 bits per heavy atom. The van der Waals surface area contributed by atoms with Crippen molar-refractivity contribution in [2.45, 2.75) is 366 Å². The zero-order chi connectivity index (χ0) is 50.0. The molecule has 0 aliphatic heterocycles. The van der Waals surface area contributed by atoms with Crippen molar-refractivity contribution in [3.63, 3.8) is 0 Å². The molecular weight excluding hydrogens is 851 g/mol. The Morgan fingerprint density at radius 3 is 1.03 bits per heavy atom. The molecule has 6 nitrogen and oxygen atoms in total. The molecule has 6 heteroatoms. The molecule has 2 unspecified atom stereocenters. The highest BCUT2D eigenvalue weighted by Crippen LogP contribution is 2.18. The van der Waals surface area contributed by atoms with Gasteiger partial charge < -0.3 is 20.3 Å². The standard InChI is InChI=1S/C63H123NO5/c1-3-5-7-9-11-13-15-17-19-20-21-22-23-24-25-26-28-31-35-39-43-47-51-55-61(66)60(59-65)64-62(67)56-52-48-44-40-36-32-29-30-34-38-42-46-50-54-58-69-63(68)57-53-49-45-41-37-33-27-18-16-14-12-10-8-6-4-2/h18,27,60-61,65-66H,3-17,19-26,28-59H2,1-2H3,(H,64,67)/b27-18-. The van der Waals surface area contributed by atoms with Crippen molar-refractivity contribution >= 4 is 11.9 Å². The summed E-state index contributed by atoms with van der Waals surface area (Å²) in [7, 11) is 0. The zero-order valence-electron chi connectivity index (χ0n) is 46.8. The van der Waals surface area contributed by atoms with Gasteiger partial charge in [-0.05, 0) is 51.4 Å². The van der Waals surface area contributed by atoms with Gasteiger partial charge in [-0.1, -0.05) is 302 Å². The maximum Gasteiger partial charge on any atom is 0.305 e. The van der Waals surface area contributed by atoms with Gasteiger partial charge in [0.25, 0.3) is 0 Å². The third kappa shape index (κ3) is 55.8. The summed E-state index contributed by atoms with van der Waals surface area (Å²) in [6, 6.07) is -0.550. The summed E-state index contributed by atoms with van der Waals surface area (Å²) < 4.78 is 5.47. The summed E-state index contributed by atoms with van der Waals surface area (Å²) in [5, 5.41) is 23.4. The molecule has 69 heavy (non-hydrogen) atoms. The number of esters is 1. The minimum atomic E-state index is -0.672. The van der Waals surface area contributed by atoms with Gasteiger partial charge in [0.15, 0.2) is 0 Å². The van der Waals surface area contributed by atoms with Crippen LogP contribution in [0.5, 0.6) is 0 Å². The van der Waals surface area contributed by atoms with Crippen LogP contribution < -0.4 is 5.32 Å². The van der Waals surface area contributed by atoms with Gasteiger partial charge in [-0.25, -0.2) is 0 Å². The van der Waals surface area contributed by atoms with Gasteiger partial charge in [0.2, 0.25) is 5.91 Å². The first kappa shape index (κ1) is 67.6. The molecule has 0 aromatic heterocycles. The summed E-state index contributed by atoms with van der Waals surface area (Å²) in [6.07, 6.45) is 70.7. The normalized spacial score (nSPS) is 12.6. The van der Waals surface area contributed by atoms with Crippen molar-refractivity contribution in [2.75, 3.05) is 13.2 Å². The maximum atomic E-state index is 12.5. The van der Waals surface area contributed by atoms with Crippen molar-refractivity contribution < 1.29 is 24.5 Å². The Kier molecular flexibility index (Phi) is 58.0. The Bertz CT molecular complexity index is 1030. The van der Waals surface area contributed by atoms with Crippen molar-refractivity contribution in [1.82, 2.24) is 5.32 Å². The van der Waals surface area contributed by atoms with Crippen molar-refractivity contribution in [2.24, 2.45) is 0 Å². The predicted molar refractivity (Wildman–Crippen MR) is 301 cm³/mol. The van der Waals surface area contributed by atoms with Gasteiger partial charge >= 0.3 is 5.97 Å². The largest absolute Gasteiger partial charge is 0.466 e. The summed E-state index contributed by atoms with van der Waals surface area (Å²) in [5.41, 5.74) is 0. The number of aliphatic hydroxyl groups is 2. The number of unbranched alkanes of at least 4 members (excludes halogenated alkanes) is 46. The number of hydrogen-bond acceptors (Lipinski definition) is 5. The van der Waals surface area contributed by atoms with Gasteiger partial charge in [0, 0.05) is 12.8 Å². The average molecular weight is 975 g/mol. The maximum absolute atomic E-state index is 12.5. The number of nitrogens with one attached hydrogen (secondary N) is 1. The van der Waals surface area contributed by atoms with E-state index in [4.69, 9.17) is 4.74 Å². The van der Waals surface area contributed by atoms with Crippen LogP contribution in [-0.2, 0) is 14.3 Å². The fraction of sp³-hybridized carbons (Fsp3) is 0.937. The molecular formula is C63H123NO5. The zero-order valence-corrected chi connectivity index (χ0v) is 46.8. The van der Waals surface area contributed by atoms with Crippen LogP contribution in [0.3, 0.4) is 0 Å². The third-order valence-corrected chi connectivity index (χ3v) is 14.8. The molecule has 0 rings (SSSR count). The lowest BCUT2D eigenvalue weighted by Gasteiger charge is -2.22. The highest BCUT2D eigenvalue weighted by molar-refractivity contribution is 5.76. The van der Waals surface area contributed by atoms with E-state index in [1.807, 2.05) is 0 Å². The van der Waals surface area contributed by atoms with Gasteiger partial charge in [0.1, 0.15) is 0 Å². The molecule has 0 radical (unpaired) electrons. The molecule has 0 fully saturated rings. The molecule has 0 spiro atoms. The lowest BCUT2D eigenvalue weighted by molar-refractivity contribution is -0.143. The summed E-state index contributed by atoms with van der Waals surface area (Å²) >= 11 is 0. The second kappa shape index (κ2) is 59.2. The molecule has 1 amide bonds. The van der Waals surface area contributed by atoms with Crippen LogP contribution in [-0.4, -0.2) is 47.4 Å². The number of carbonyl (C=O) groups excluding carboxylic acids is 2. The number of aliphatic hydroxyl groups excluding tert-OH is 2. The quantitative estimate of drug-likeness (QED) is 0.0321. The van der Waals surface area contributed by atoms with Gasteiger partial charge in [-0.15, -0.1) is 0 Å². The van der Waals surface area contributed by atoms with Gasteiger partial charge in [-0.2, -0.15) is 0 Å². The average Bonchev–Trinajstić information content (AvgIpc) is 3.35. The Labute approximate surface area is 431 Å². The van der Waals surface area contributed by atoms with Crippen LogP contribution in [0, 0.1) is 0 Å². The first-order valence-electron chi connectivity index (χ1n) is 31.4. The molecule has 0 aliphatic carbocycles. The summed E-state index contributed by atoms with van der Waals surface area (Å²) in [5.74, 6) is -0.0502. The fourth-order valence-corrected chi connectivity index (χ4v) is 9.99. The lowest BCUT2D eigenvalue weighted by Crippen LogP contribution is -2.45. The first-order valence-corrected chi connectivity index (χ1v) is 31.4. The summed E-state index contributed by atoms with van der Waals surface area (Å²) in [6.45, 7) is 4.95. The number of amides is 1. The van der Waals surface area contributed by atoms with Gasteiger partial charge in [-0.3, -0.25) is 9.59 Å². The Morgan fingerprint density at radius 2 is 0.681 bits per heavy atom. The van der Waals surface area contributed by atoms with Crippen molar-refractivity contribution in [1.29, 1.82) is 0 Å². The molecule has 0 aromatic rings. The minimum Gasteiger partial charge on any atom is -0.466 e. The van der Waals surface area contributed by atoms with E-state index in [9.17, 15) is 19.8 Å². The van der Waals surface area contributed by atoms with Crippen LogP contribution in [0.4, 0.5) is 0 Å². The smallest absolute Gasteiger partial charge is 0.305 e. The number of rotatable bonds is 59. The molecule has 0 bridgehead atoms. The van der Waals surface area contributed by atoms with E-state index in [2.05, 4.69) is 31.3 Å². The molecule has 0 aliphatic rings. The van der Waals surface area contributed by atoms with E-state index in [0.29, 0.717) is 25.9 Å². The Balaban J connectivity index is 3.43. The van der Waals surface area contributed by atoms with Crippen LogP contribution in [0.25, 0.3) is 0 Å². The Hall–Kier alpha value is -1.40. The van der Waals surface area contributed by atoms with E-state index in [1.54, 1.807) is 0 Å². The van der Waals surface area contributed by atoms with Crippen LogP contribution in [0.2, 0.25) is 0 Å². The molecule has 0 saturated carbocycles. The van der Waals surface area contributed by atoms with E-state index in [0.717, 1.165) is 51.4 Å². The highest BCUT2D eigenvalue weighted by atomic mass is 16.5. The van der Waals surface area contributed by atoms with Crippen molar-refractivity contribution in [3.05, 3.63) is 12.2 Å². The molecule has 3 N–H and O–H groups in total. The number of allylic oxidation sites excluding steroid dienone is 2. The SMILES string of the molecule is CCCCCCCC/C=C\CCCCCCCC(=O)OCCCCCCCCCCCCCCCCC(=O)NC(CO)C(O)CCCCCCCCCCCCCCCCCCCCCCCCC. The van der Waals surface area contributed by atoms with Crippen molar-refractivity contribution in [3.8, 4) is 0 Å². The fourth-order valence-electron chi connectivity index (χ4n) is 9.99. The van der Waals surface area contributed by atoms with E-state index < -0.39 is 12.1 Å². The molecule has 2 atom stereocenters. The van der Waals surface area contributed by atoms with Crippen LogP contribution in [0.15, 0.2) is 12.2 Å².